The summed E-state index contributed by atoms with van der Waals surface area (Å²) in [4.78, 5) is 0. The summed E-state index contributed by atoms with van der Waals surface area (Å²) in [6, 6.07) is 1.19. The molecule has 0 amide bonds. The summed E-state index contributed by atoms with van der Waals surface area (Å²) >= 11 is 0. The van der Waals surface area contributed by atoms with Crippen LogP contribution in [-0.4, -0.2) is 47.8 Å². The SMILES string of the molecule is Cc1n[nH]c(C)c1C1COCCN1S(=O)(=O)Cc1ccon1. The maximum absolute atomic E-state index is 12.7. The Labute approximate surface area is 128 Å². The van der Waals surface area contributed by atoms with Crippen LogP contribution in [0, 0.1) is 13.8 Å². The summed E-state index contributed by atoms with van der Waals surface area (Å²) in [6.07, 6.45) is 1.37. The van der Waals surface area contributed by atoms with Crippen LogP contribution in [0.3, 0.4) is 0 Å². The number of morpholine rings is 1. The van der Waals surface area contributed by atoms with Crippen LogP contribution in [0.1, 0.15) is 28.7 Å². The summed E-state index contributed by atoms with van der Waals surface area (Å²) in [5, 5.41) is 10.7. The molecule has 1 saturated heterocycles. The number of H-pyrrole nitrogens is 1. The third kappa shape index (κ3) is 2.79. The molecular weight excluding hydrogens is 308 g/mol. The summed E-state index contributed by atoms with van der Waals surface area (Å²) in [7, 11) is -3.53. The van der Waals surface area contributed by atoms with Crippen LogP contribution in [0.25, 0.3) is 0 Å². The number of hydrogen-bond donors (Lipinski definition) is 1. The normalized spacial score (nSPS) is 20.4. The van der Waals surface area contributed by atoms with E-state index in [0.29, 0.717) is 25.5 Å². The average molecular weight is 326 g/mol. The zero-order valence-corrected chi connectivity index (χ0v) is 13.3. The van der Waals surface area contributed by atoms with Gasteiger partial charge in [0.25, 0.3) is 0 Å². The van der Waals surface area contributed by atoms with E-state index in [1.807, 2.05) is 13.8 Å². The highest BCUT2D eigenvalue weighted by molar-refractivity contribution is 7.88. The second kappa shape index (κ2) is 5.82. The van der Waals surface area contributed by atoms with Crippen LogP contribution in [0.2, 0.25) is 0 Å². The van der Waals surface area contributed by atoms with Gasteiger partial charge in [-0.25, -0.2) is 8.42 Å². The highest BCUT2D eigenvalue weighted by Gasteiger charge is 2.36. The predicted molar refractivity (Wildman–Crippen MR) is 77.5 cm³/mol. The van der Waals surface area contributed by atoms with Crippen molar-refractivity contribution in [2.24, 2.45) is 0 Å². The summed E-state index contributed by atoms with van der Waals surface area (Å²) in [5.74, 6) is -0.185. The molecule has 1 aliphatic heterocycles. The smallest absolute Gasteiger partial charge is 0.220 e. The van der Waals surface area contributed by atoms with Crippen LogP contribution in [-0.2, 0) is 20.5 Å². The Morgan fingerprint density at radius 2 is 2.27 bits per heavy atom. The molecule has 2 aromatic rings. The van der Waals surface area contributed by atoms with E-state index >= 15 is 0 Å². The first-order valence-corrected chi connectivity index (χ1v) is 8.58. The van der Waals surface area contributed by atoms with Gasteiger partial charge in [0.15, 0.2) is 0 Å². The van der Waals surface area contributed by atoms with Gasteiger partial charge in [0.1, 0.15) is 12.0 Å². The summed E-state index contributed by atoms with van der Waals surface area (Å²) < 4.78 is 37.2. The molecule has 1 N–H and O–H groups in total. The fraction of sp³-hybridized carbons (Fsp3) is 0.538. The standard InChI is InChI=1S/C13H18N4O4S/c1-9-13(10(2)15-14-9)12-7-20-6-4-17(12)22(18,19)8-11-3-5-21-16-11/h3,5,12H,4,6-8H2,1-2H3,(H,14,15). The lowest BCUT2D eigenvalue weighted by atomic mass is 10.1. The maximum Gasteiger partial charge on any atom is 0.220 e. The monoisotopic (exact) mass is 326 g/mol. The number of aromatic amines is 1. The third-order valence-electron chi connectivity index (χ3n) is 3.78. The molecule has 1 unspecified atom stereocenters. The van der Waals surface area contributed by atoms with Gasteiger partial charge in [0.05, 0.1) is 30.6 Å². The third-order valence-corrected chi connectivity index (χ3v) is 5.59. The number of hydrogen-bond acceptors (Lipinski definition) is 6. The van der Waals surface area contributed by atoms with Crippen molar-refractivity contribution in [2.45, 2.75) is 25.6 Å². The van der Waals surface area contributed by atoms with Gasteiger partial charge in [-0.05, 0) is 13.8 Å². The van der Waals surface area contributed by atoms with Gasteiger partial charge >= 0.3 is 0 Å². The van der Waals surface area contributed by atoms with Crippen molar-refractivity contribution in [3.63, 3.8) is 0 Å². The van der Waals surface area contributed by atoms with Crippen molar-refractivity contribution >= 4 is 10.0 Å². The molecule has 0 radical (unpaired) electrons. The Morgan fingerprint density at radius 1 is 1.45 bits per heavy atom. The Morgan fingerprint density at radius 3 is 2.91 bits per heavy atom. The van der Waals surface area contributed by atoms with E-state index in [-0.39, 0.29) is 11.8 Å². The Bertz CT molecular complexity index is 719. The lowest BCUT2D eigenvalue weighted by molar-refractivity contribution is 0.0315. The van der Waals surface area contributed by atoms with Crippen LogP contribution >= 0.6 is 0 Å². The quantitative estimate of drug-likeness (QED) is 0.896. The fourth-order valence-electron chi connectivity index (χ4n) is 2.78. The first kappa shape index (κ1) is 15.2. The number of sulfonamides is 1. The molecule has 9 heteroatoms. The van der Waals surface area contributed by atoms with E-state index in [9.17, 15) is 8.42 Å². The molecular formula is C13H18N4O4S. The molecule has 3 heterocycles. The number of aromatic nitrogens is 3. The van der Waals surface area contributed by atoms with Crippen molar-refractivity contribution in [1.82, 2.24) is 19.7 Å². The van der Waals surface area contributed by atoms with Gasteiger partial charge in [-0.3, -0.25) is 5.10 Å². The number of nitrogens with zero attached hydrogens (tertiary/aromatic N) is 3. The van der Waals surface area contributed by atoms with Crippen molar-refractivity contribution in [1.29, 1.82) is 0 Å². The lowest BCUT2D eigenvalue weighted by Crippen LogP contribution is -2.44. The van der Waals surface area contributed by atoms with Crippen LogP contribution in [0.4, 0.5) is 0 Å². The fourth-order valence-corrected chi connectivity index (χ4v) is 4.38. The van der Waals surface area contributed by atoms with E-state index in [2.05, 4.69) is 15.4 Å². The number of rotatable bonds is 4. The molecule has 8 nitrogen and oxygen atoms in total. The van der Waals surface area contributed by atoms with E-state index < -0.39 is 10.0 Å². The van der Waals surface area contributed by atoms with Gasteiger partial charge in [-0.15, -0.1) is 0 Å². The number of aryl methyl sites for hydroxylation is 2. The van der Waals surface area contributed by atoms with E-state index in [1.54, 1.807) is 6.07 Å². The zero-order valence-electron chi connectivity index (χ0n) is 12.4. The van der Waals surface area contributed by atoms with Crippen molar-refractivity contribution < 1.29 is 17.7 Å². The molecule has 2 aromatic heterocycles. The molecule has 1 aliphatic rings. The maximum atomic E-state index is 12.7. The molecule has 1 fully saturated rings. The first-order chi connectivity index (χ1) is 10.5. The predicted octanol–water partition coefficient (Wildman–Crippen LogP) is 0.918. The molecule has 0 saturated carbocycles. The van der Waals surface area contributed by atoms with Crippen LogP contribution in [0.15, 0.2) is 16.9 Å². The minimum Gasteiger partial charge on any atom is -0.378 e. The zero-order chi connectivity index (χ0) is 15.7. The number of ether oxygens (including phenoxy) is 1. The van der Waals surface area contributed by atoms with Gasteiger partial charge in [0.2, 0.25) is 10.0 Å². The number of nitrogens with one attached hydrogen (secondary N) is 1. The van der Waals surface area contributed by atoms with Crippen molar-refractivity contribution in [2.75, 3.05) is 19.8 Å². The highest BCUT2D eigenvalue weighted by Crippen LogP contribution is 2.31. The molecule has 0 aliphatic carbocycles. The van der Waals surface area contributed by atoms with E-state index in [1.165, 1.54) is 10.6 Å². The Kier molecular flexibility index (Phi) is 4.02. The molecule has 3 rings (SSSR count). The summed E-state index contributed by atoms with van der Waals surface area (Å²) in [5.41, 5.74) is 2.92. The van der Waals surface area contributed by atoms with E-state index in [4.69, 9.17) is 9.26 Å². The second-order valence-corrected chi connectivity index (χ2v) is 7.22. The molecule has 0 bridgehead atoms. The van der Waals surface area contributed by atoms with Crippen molar-refractivity contribution in [3.05, 3.63) is 35.0 Å². The summed E-state index contributed by atoms with van der Waals surface area (Å²) in [6.45, 7) is 4.75. The largest absolute Gasteiger partial charge is 0.378 e. The first-order valence-electron chi connectivity index (χ1n) is 6.97. The Hall–Kier alpha value is -1.71. The lowest BCUT2D eigenvalue weighted by Gasteiger charge is -2.34. The molecule has 0 spiro atoms. The Balaban J connectivity index is 1.93. The van der Waals surface area contributed by atoms with Gasteiger partial charge in [-0.1, -0.05) is 5.16 Å². The van der Waals surface area contributed by atoms with Crippen LogP contribution in [0.5, 0.6) is 0 Å². The highest BCUT2D eigenvalue weighted by atomic mass is 32.2. The molecule has 22 heavy (non-hydrogen) atoms. The minimum atomic E-state index is -3.53. The van der Waals surface area contributed by atoms with Gasteiger partial charge in [-0.2, -0.15) is 9.40 Å². The van der Waals surface area contributed by atoms with Gasteiger partial charge < -0.3 is 9.26 Å². The second-order valence-electron chi connectivity index (χ2n) is 5.30. The van der Waals surface area contributed by atoms with E-state index in [0.717, 1.165) is 17.0 Å². The topological polar surface area (TPSA) is 101 Å². The average Bonchev–Trinajstić information content (AvgIpc) is 3.09. The van der Waals surface area contributed by atoms with Gasteiger partial charge in [0, 0.05) is 23.9 Å². The molecule has 120 valence electrons. The minimum absolute atomic E-state index is 0.185. The molecule has 0 aromatic carbocycles. The van der Waals surface area contributed by atoms with Crippen molar-refractivity contribution in [3.8, 4) is 0 Å². The molecule has 1 atom stereocenters. The van der Waals surface area contributed by atoms with Crippen LogP contribution < -0.4 is 0 Å².